The number of fused-ring (bicyclic) bond motifs is 1. The van der Waals surface area contributed by atoms with Gasteiger partial charge in [-0.05, 0) is 65.9 Å². The number of pyridine rings is 1. The molecule has 0 spiro atoms. The fourth-order valence-corrected chi connectivity index (χ4v) is 7.34. The summed E-state index contributed by atoms with van der Waals surface area (Å²) < 4.78 is 30.3. The van der Waals surface area contributed by atoms with Crippen LogP contribution in [0.1, 0.15) is 43.6 Å². The van der Waals surface area contributed by atoms with Gasteiger partial charge in [0.1, 0.15) is 0 Å². The van der Waals surface area contributed by atoms with Gasteiger partial charge in [-0.3, -0.25) is 14.7 Å². The number of rotatable bonds is 10. The Morgan fingerprint density at radius 2 is 1.68 bits per heavy atom. The Morgan fingerprint density at radius 1 is 1.00 bits per heavy atom. The lowest BCUT2D eigenvalue weighted by molar-refractivity contribution is 0.0985. The second-order valence-corrected chi connectivity index (χ2v) is 13.9. The van der Waals surface area contributed by atoms with E-state index in [4.69, 9.17) is 4.98 Å². The highest BCUT2D eigenvalue weighted by Crippen LogP contribution is 2.32. The Balaban J connectivity index is 1.67. The molecule has 2 aromatic carbocycles. The van der Waals surface area contributed by atoms with Gasteiger partial charge in [0.25, 0.3) is 5.91 Å². The number of sulfonamides is 1. The number of nitrogens with zero attached hydrogens (tertiary/aromatic N) is 4. The zero-order valence-electron chi connectivity index (χ0n) is 21.8. The van der Waals surface area contributed by atoms with Crippen molar-refractivity contribution in [1.29, 1.82) is 0 Å². The highest BCUT2D eigenvalue weighted by molar-refractivity contribution is 9.10. The normalized spacial score (nSPS) is 12.1. The maximum Gasteiger partial charge on any atom is 0.260 e. The Morgan fingerprint density at radius 3 is 2.29 bits per heavy atom. The van der Waals surface area contributed by atoms with Crippen LogP contribution in [0.3, 0.4) is 0 Å². The number of hydrogen-bond donors (Lipinski definition) is 0. The van der Waals surface area contributed by atoms with Crippen LogP contribution in [0.15, 0.2) is 76.4 Å². The molecule has 0 aliphatic rings. The molecule has 0 aliphatic carbocycles. The van der Waals surface area contributed by atoms with Gasteiger partial charge in [0.15, 0.2) is 5.13 Å². The van der Waals surface area contributed by atoms with Gasteiger partial charge in [-0.25, -0.2) is 13.4 Å². The highest BCUT2D eigenvalue weighted by atomic mass is 79.9. The molecule has 200 valence electrons. The van der Waals surface area contributed by atoms with Crippen LogP contribution in [0, 0.1) is 11.8 Å². The van der Waals surface area contributed by atoms with Crippen molar-refractivity contribution in [3.8, 4) is 0 Å². The summed E-state index contributed by atoms with van der Waals surface area (Å²) in [5, 5.41) is 0.559. The first-order valence-corrected chi connectivity index (χ1v) is 15.5. The molecule has 0 bridgehead atoms. The molecule has 2 heterocycles. The fraction of sp³-hybridized carbons (Fsp3) is 0.321. The molecule has 2 aromatic heterocycles. The lowest BCUT2D eigenvalue weighted by Crippen LogP contribution is -2.37. The first-order chi connectivity index (χ1) is 18.0. The molecule has 0 radical (unpaired) electrons. The predicted molar refractivity (Wildman–Crippen MR) is 157 cm³/mol. The van der Waals surface area contributed by atoms with Crippen molar-refractivity contribution in [3.63, 3.8) is 0 Å². The first kappa shape index (κ1) is 28.4. The van der Waals surface area contributed by atoms with Crippen LogP contribution in [0.5, 0.6) is 0 Å². The van der Waals surface area contributed by atoms with Gasteiger partial charge in [0.2, 0.25) is 10.0 Å². The standard InChI is InChI=1S/C28H31BrN4O3S2/c1-19(2)16-32(17-20(3)4)38(35,36)24-10-7-22(8-11-24)27(34)33(18-21-6-5-13-30-15-21)28-31-25-12-9-23(29)14-26(25)37-28/h5-15,19-20H,16-18H2,1-4H3. The third-order valence-corrected chi connectivity index (χ3v) is 9.14. The summed E-state index contributed by atoms with van der Waals surface area (Å²) in [6.07, 6.45) is 3.41. The second-order valence-electron chi connectivity index (χ2n) is 10.00. The zero-order valence-corrected chi connectivity index (χ0v) is 25.1. The van der Waals surface area contributed by atoms with Crippen LogP contribution >= 0.6 is 27.3 Å². The summed E-state index contributed by atoms with van der Waals surface area (Å²) >= 11 is 4.92. The van der Waals surface area contributed by atoms with Crippen molar-refractivity contribution in [1.82, 2.24) is 14.3 Å². The van der Waals surface area contributed by atoms with Gasteiger partial charge in [0, 0.05) is 35.5 Å². The third kappa shape index (κ3) is 6.66. The number of anilines is 1. The highest BCUT2D eigenvalue weighted by Gasteiger charge is 2.27. The summed E-state index contributed by atoms with van der Waals surface area (Å²) in [7, 11) is -3.69. The molecule has 0 saturated heterocycles. The molecule has 0 atom stereocenters. The summed E-state index contributed by atoms with van der Waals surface area (Å²) in [6.45, 7) is 9.17. The summed E-state index contributed by atoms with van der Waals surface area (Å²) in [5.74, 6) is 0.122. The number of thiazole rings is 1. The van der Waals surface area contributed by atoms with Crippen molar-refractivity contribution in [2.24, 2.45) is 11.8 Å². The number of carbonyl (C=O) groups excluding carboxylic acids is 1. The SMILES string of the molecule is CC(C)CN(CC(C)C)S(=O)(=O)c1ccc(C(=O)N(Cc2cccnc2)c2nc3ccc(Br)cc3s2)cc1. The van der Waals surface area contributed by atoms with Crippen molar-refractivity contribution in [2.45, 2.75) is 39.1 Å². The summed E-state index contributed by atoms with van der Waals surface area (Å²) in [4.78, 5) is 24.5. The Kier molecular flexibility index (Phi) is 8.97. The van der Waals surface area contributed by atoms with E-state index in [0.29, 0.717) is 23.8 Å². The Labute approximate surface area is 236 Å². The van der Waals surface area contributed by atoms with E-state index in [9.17, 15) is 13.2 Å². The minimum absolute atomic E-state index is 0.180. The van der Waals surface area contributed by atoms with Gasteiger partial charge in [-0.1, -0.05) is 61.0 Å². The molecule has 1 amide bonds. The monoisotopic (exact) mass is 614 g/mol. The largest absolute Gasteiger partial charge is 0.279 e. The fourth-order valence-electron chi connectivity index (χ4n) is 4.06. The minimum atomic E-state index is -3.69. The molecule has 0 fully saturated rings. The number of benzene rings is 2. The van der Waals surface area contributed by atoms with Crippen LogP contribution in [0.4, 0.5) is 5.13 Å². The van der Waals surface area contributed by atoms with Gasteiger partial charge < -0.3 is 0 Å². The molecule has 38 heavy (non-hydrogen) atoms. The van der Waals surface area contributed by atoms with Gasteiger partial charge in [0.05, 0.1) is 21.7 Å². The molecule has 0 unspecified atom stereocenters. The quantitative estimate of drug-likeness (QED) is 0.201. The van der Waals surface area contributed by atoms with E-state index in [1.54, 1.807) is 29.4 Å². The molecular weight excluding hydrogens is 584 g/mol. The maximum absolute atomic E-state index is 13.8. The van der Waals surface area contributed by atoms with E-state index in [-0.39, 0.29) is 29.2 Å². The lowest BCUT2D eigenvalue weighted by atomic mass is 10.2. The average Bonchev–Trinajstić information content (AvgIpc) is 3.29. The van der Waals surface area contributed by atoms with Crippen LogP contribution in [-0.4, -0.2) is 41.7 Å². The first-order valence-electron chi connectivity index (χ1n) is 12.4. The number of halogens is 1. The third-order valence-electron chi connectivity index (χ3n) is 5.76. The van der Waals surface area contributed by atoms with E-state index in [1.165, 1.54) is 27.8 Å². The van der Waals surface area contributed by atoms with E-state index in [2.05, 4.69) is 20.9 Å². The van der Waals surface area contributed by atoms with Crippen LogP contribution in [0.25, 0.3) is 10.2 Å². The van der Waals surface area contributed by atoms with Crippen molar-refractivity contribution in [2.75, 3.05) is 18.0 Å². The van der Waals surface area contributed by atoms with Crippen LogP contribution in [0.2, 0.25) is 0 Å². The lowest BCUT2D eigenvalue weighted by Gasteiger charge is -2.26. The zero-order chi connectivity index (χ0) is 27.4. The number of hydrogen-bond acceptors (Lipinski definition) is 6. The molecule has 4 rings (SSSR count). The van der Waals surface area contributed by atoms with Gasteiger partial charge in [-0.15, -0.1) is 0 Å². The smallest absolute Gasteiger partial charge is 0.260 e. The topological polar surface area (TPSA) is 83.5 Å². The molecule has 0 aliphatic heterocycles. The van der Waals surface area contributed by atoms with Crippen molar-refractivity contribution < 1.29 is 13.2 Å². The summed E-state index contributed by atoms with van der Waals surface area (Å²) in [5.41, 5.74) is 2.04. The van der Waals surface area contributed by atoms with E-state index >= 15 is 0 Å². The minimum Gasteiger partial charge on any atom is -0.279 e. The number of amides is 1. The predicted octanol–water partition coefficient (Wildman–Crippen LogP) is 6.60. The van der Waals surface area contributed by atoms with Gasteiger partial charge in [-0.2, -0.15) is 4.31 Å². The molecular formula is C28H31BrN4O3S2. The number of carbonyl (C=O) groups is 1. The Hall–Kier alpha value is -2.66. The summed E-state index contributed by atoms with van der Waals surface area (Å²) in [6, 6.07) is 15.7. The van der Waals surface area contributed by atoms with Crippen molar-refractivity contribution in [3.05, 3.63) is 82.6 Å². The number of aromatic nitrogens is 2. The molecule has 0 saturated carbocycles. The Bertz CT molecular complexity index is 1490. The second kappa shape index (κ2) is 12.0. The molecule has 4 aromatic rings. The van der Waals surface area contributed by atoms with E-state index < -0.39 is 10.0 Å². The molecule has 10 heteroatoms. The van der Waals surface area contributed by atoms with Crippen LogP contribution < -0.4 is 4.90 Å². The van der Waals surface area contributed by atoms with E-state index in [0.717, 1.165) is 20.3 Å². The van der Waals surface area contributed by atoms with Crippen LogP contribution in [-0.2, 0) is 16.6 Å². The van der Waals surface area contributed by atoms with Gasteiger partial charge >= 0.3 is 0 Å². The average molecular weight is 616 g/mol. The van der Waals surface area contributed by atoms with E-state index in [1.807, 2.05) is 58.0 Å². The van der Waals surface area contributed by atoms with Crippen molar-refractivity contribution >= 4 is 58.5 Å². The molecule has 7 nitrogen and oxygen atoms in total. The maximum atomic E-state index is 13.8. The molecule has 0 N–H and O–H groups in total.